The lowest BCUT2D eigenvalue weighted by Crippen LogP contribution is -2.11. The number of anilines is 1. The van der Waals surface area contributed by atoms with Crippen molar-refractivity contribution >= 4 is 33.7 Å². The molecule has 0 amide bonds. The fourth-order valence-electron chi connectivity index (χ4n) is 4.48. The highest BCUT2D eigenvalue weighted by molar-refractivity contribution is 6.05. The summed E-state index contributed by atoms with van der Waals surface area (Å²) in [5, 5.41) is 13.9. The Hall–Kier alpha value is -3.38. The average Bonchev–Trinajstić information content (AvgIpc) is 3.41. The van der Waals surface area contributed by atoms with Gasteiger partial charge in [-0.3, -0.25) is 4.98 Å². The van der Waals surface area contributed by atoms with Gasteiger partial charge < -0.3 is 19.6 Å². The number of aromatic carboxylic acids is 1. The lowest BCUT2D eigenvalue weighted by Gasteiger charge is -2.18. The van der Waals surface area contributed by atoms with E-state index < -0.39 is 5.97 Å². The van der Waals surface area contributed by atoms with Gasteiger partial charge in [0.1, 0.15) is 11.1 Å². The third kappa shape index (κ3) is 3.43. The molecule has 2 N–H and O–H groups in total. The van der Waals surface area contributed by atoms with Crippen LogP contribution in [0.1, 0.15) is 52.4 Å². The van der Waals surface area contributed by atoms with Crippen LogP contribution in [0.5, 0.6) is 0 Å². The van der Waals surface area contributed by atoms with Crippen LogP contribution in [0.3, 0.4) is 0 Å². The molecule has 1 unspecified atom stereocenters. The number of carbonyl (C=O) groups is 1. The van der Waals surface area contributed by atoms with Crippen LogP contribution in [0.4, 0.5) is 5.69 Å². The second-order valence-electron chi connectivity index (χ2n) is 8.19. The molecule has 1 aliphatic rings. The lowest BCUT2D eigenvalue weighted by atomic mass is 9.98. The van der Waals surface area contributed by atoms with Gasteiger partial charge in [0, 0.05) is 40.9 Å². The van der Waals surface area contributed by atoms with Crippen molar-refractivity contribution in [1.29, 1.82) is 0 Å². The zero-order valence-corrected chi connectivity index (χ0v) is 17.5. The number of furan rings is 1. The third-order valence-corrected chi connectivity index (χ3v) is 6.02. The van der Waals surface area contributed by atoms with E-state index in [-0.39, 0.29) is 11.6 Å². The Morgan fingerprint density at radius 1 is 1.23 bits per heavy atom. The average molecular weight is 416 g/mol. The van der Waals surface area contributed by atoms with E-state index in [2.05, 4.69) is 22.4 Å². The second kappa shape index (κ2) is 7.71. The molecule has 158 valence electrons. The molecule has 3 heterocycles. The first-order chi connectivity index (χ1) is 15.0. The van der Waals surface area contributed by atoms with Crippen LogP contribution >= 0.6 is 0 Å². The first kappa shape index (κ1) is 19.6. The van der Waals surface area contributed by atoms with Gasteiger partial charge in [-0.25, -0.2) is 4.79 Å². The molecule has 2 aromatic carbocycles. The van der Waals surface area contributed by atoms with Crippen molar-refractivity contribution in [3.63, 3.8) is 0 Å². The molecule has 1 fully saturated rings. The maximum absolute atomic E-state index is 11.6. The smallest absolute Gasteiger partial charge is 0.337 e. The monoisotopic (exact) mass is 416 g/mol. The molecule has 2 atom stereocenters. The highest BCUT2D eigenvalue weighted by Gasteiger charge is 2.25. The Morgan fingerprint density at radius 3 is 2.84 bits per heavy atom. The molecule has 5 rings (SSSR count). The quantitative estimate of drug-likeness (QED) is 0.436. The fraction of sp³-hybridized carbons (Fsp3) is 0.280. The molecule has 0 radical (unpaired) electrons. The maximum atomic E-state index is 11.6. The molecule has 1 saturated heterocycles. The van der Waals surface area contributed by atoms with Gasteiger partial charge in [-0.1, -0.05) is 18.2 Å². The molecule has 6 nitrogen and oxygen atoms in total. The normalized spacial score (nSPS) is 17.3. The van der Waals surface area contributed by atoms with Gasteiger partial charge in [0.15, 0.2) is 5.58 Å². The second-order valence-corrected chi connectivity index (χ2v) is 8.19. The number of pyridine rings is 1. The Morgan fingerprint density at radius 2 is 2.06 bits per heavy atom. The van der Waals surface area contributed by atoms with E-state index in [0.717, 1.165) is 51.8 Å². The minimum absolute atomic E-state index is 0.165. The van der Waals surface area contributed by atoms with Crippen LogP contribution in [0, 0.1) is 6.92 Å². The fourth-order valence-corrected chi connectivity index (χ4v) is 4.48. The number of carboxylic acid groups (broad SMARTS) is 1. The van der Waals surface area contributed by atoms with Crippen molar-refractivity contribution in [3.8, 4) is 0 Å². The maximum Gasteiger partial charge on any atom is 0.337 e. The number of aryl methyl sites for hydroxylation is 1. The predicted octanol–water partition coefficient (Wildman–Crippen LogP) is 5.66. The molecular weight excluding hydrogens is 392 g/mol. The number of ether oxygens (including phenoxy) is 1. The zero-order chi connectivity index (χ0) is 21.5. The summed E-state index contributed by atoms with van der Waals surface area (Å²) in [5.41, 5.74) is 6.50. The minimum atomic E-state index is -0.957. The van der Waals surface area contributed by atoms with Gasteiger partial charge in [0.2, 0.25) is 0 Å². The summed E-state index contributed by atoms with van der Waals surface area (Å²) in [6, 6.07) is 13.0. The molecule has 6 heteroatoms. The number of fused-ring (bicyclic) bond motifs is 3. The van der Waals surface area contributed by atoms with Crippen molar-refractivity contribution in [3.05, 3.63) is 70.9 Å². The predicted molar refractivity (Wildman–Crippen MR) is 120 cm³/mol. The van der Waals surface area contributed by atoms with E-state index in [0.29, 0.717) is 18.2 Å². The van der Waals surface area contributed by atoms with Gasteiger partial charge in [-0.15, -0.1) is 0 Å². The molecule has 2 aromatic heterocycles. The number of benzene rings is 2. The first-order valence-corrected chi connectivity index (χ1v) is 10.5. The molecule has 0 spiro atoms. The minimum Gasteiger partial charge on any atom is -0.478 e. The van der Waals surface area contributed by atoms with Crippen molar-refractivity contribution in [2.75, 3.05) is 18.5 Å². The van der Waals surface area contributed by atoms with Crippen LogP contribution in [0.25, 0.3) is 22.1 Å². The van der Waals surface area contributed by atoms with Gasteiger partial charge in [0.05, 0.1) is 18.2 Å². The van der Waals surface area contributed by atoms with Crippen molar-refractivity contribution < 1.29 is 19.1 Å². The summed E-state index contributed by atoms with van der Waals surface area (Å²) in [7, 11) is 0. The highest BCUT2D eigenvalue weighted by atomic mass is 16.5. The van der Waals surface area contributed by atoms with Crippen LogP contribution in [-0.2, 0) is 4.74 Å². The third-order valence-electron chi connectivity index (χ3n) is 6.02. The van der Waals surface area contributed by atoms with Gasteiger partial charge in [-0.2, -0.15) is 0 Å². The van der Waals surface area contributed by atoms with Gasteiger partial charge >= 0.3 is 5.97 Å². The van der Waals surface area contributed by atoms with Crippen molar-refractivity contribution in [2.45, 2.75) is 32.2 Å². The summed E-state index contributed by atoms with van der Waals surface area (Å²) < 4.78 is 12.0. The Bertz CT molecular complexity index is 1290. The molecule has 1 aliphatic heterocycles. The number of hydrogen-bond acceptors (Lipinski definition) is 5. The number of rotatable bonds is 5. The van der Waals surface area contributed by atoms with Crippen LogP contribution < -0.4 is 5.32 Å². The number of hydrogen-bond donors (Lipinski definition) is 2. The Balaban J connectivity index is 1.63. The summed E-state index contributed by atoms with van der Waals surface area (Å²) >= 11 is 0. The summed E-state index contributed by atoms with van der Waals surface area (Å²) in [4.78, 5) is 16.2. The van der Waals surface area contributed by atoms with Gasteiger partial charge in [0.25, 0.3) is 0 Å². The number of carboxylic acids is 1. The summed E-state index contributed by atoms with van der Waals surface area (Å²) in [6.45, 7) is 5.53. The number of nitrogens with zero attached hydrogens (tertiary/aromatic N) is 1. The Kier molecular flexibility index (Phi) is 4.87. The number of nitrogens with one attached hydrogen (secondary N) is 1. The van der Waals surface area contributed by atoms with Crippen molar-refractivity contribution in [2.24, 2.45) is 0 Å². The molecule has 0 saturated carbocycles. The summed E-state index contributed by atoms with van der Waals surface area (Å²) in [6.07, 6.45) is 2.82. The zero-order valence-electron chi connectivity index (χ0n) is 17.5. The topological polar surface area (TPSA) is 84.6 Å². The number of aromatic nitrogens is 1. The van der Waals surface area contributed by atoms with Crippen LogP contribution in [0.2, 0.25) is 0 Å². The highest BCUT2D eigenvalue weighted by Crippen LogP contribution is 2.39. The van der Waals surface area contributed by atoms with E-state index in [1.807, 2.05) is 32.2 Å². The molecule has 0 aliphatic carbocycles. The molecule has 4 aromatic rings. The first-order valence-electron chi connectivity index (χ1n) is 10.5. The van der Waals surface area contributed by atoms with Gasteiger partial charge in [-0.05, 0) is 50.1 Å². The Labute approximate surface area is 179 Å². The van der Waals surface area contributed by atoms with Crippen molar-refractivity contribution in [1.82, 2.24) is 4.98 Å². The van der Waals surface area contributed by atoms with E-state index in [1.165, 1.54) is 0 Å². The standard InChI is InChI=1S/C25H24N2O4/c1-14-11-19(15(2)27-21-6-4-3-5-18(21)25(28)29)23-20(12-14)22-24(31-23)17(7-9-26-22)16-8-10-30-13-16/h3-7,9,11-12,15-16,27H,8,10,13H2,1-2H3,(H,28,29)/t15?,16-/m0/s1. The molecular formula is C25H24N2O4. The van der Waals surface area contributed by atoms with E-state index in [4.69, 9.17) is 9.15 Å². The number of para-hydroxylation sites is 1. The lowest BCUT2D eigenvalue weighted by molar-refractivity contribution is 0.0698. The largest absolute Gasteiger partial charge is 0.478 e. The summed E-state index contributed by atoms with van der Waals surface area (Å²) in [5.74, 6) is -0.644. The van der Waals surface area contributed by atoms with Crippen LogP contribution in [-0.4, -0.2) is 29.3 Å². The molecule has 31 heavy (non-hydrogen) atoms. The van der Waals surface area contributed by atoms with Crippen LogP contribution in [0.15, 0.2) is 53.1 Å². The van der Waals surface area contributed by atoms with E-state index in [1.54, 1.807) is 18.2 Å². The molecule has 0 bridgehead atoms. The van der Waals surface area contributed by atoms with E-state index in [9.17, 15) is 9.90 Å². The van der Waals surface area contributed by atoms with E-state index >= 15 is 0 Å². The SMILES string of the molecule is Cc1cc(C(C)Nc2ccccc2C(=O)O)c2oc3c([C@H]4CCOC4)ccnc3c2c1.